The molecule has 0 spiro atoms. The van der Waals surface area contributed by atoms with Gasteiger partial charge in [0.2, 0.25) is 4.96 Å². The van der Waals surface area contributed by atoms with E-state index in [1.165, 1.54) is 28.7 Å². The highest BCUT2D eigenvalue weighted by Crippen LogP contribution is 2.36. The van der Waals surface area contributed by atoms with Gasteiger partial charge in [-0.2, -0.15) is 9.50 Å². The Morgan fingerprint density at radius 1 is 0.944 bits per heavy atom. The number of thiazole rings is 1. The van der Waals surface area contributed by atoms with Gasteiger partial charge in [-0.1, -0.05) is 62.1 Å². The molecule has 4 aromatic rings. The molecule has 9 heteroatoms. The summed E-state index contributed by atoms with van der Waals surface area (Å²) in [5, 5.41) is 4.45. The molecular formula is C27H28N4O4S. The Balaban J connectivity index is 1.53. The summed E-state index contributed by atoms with van der Waals surface area (Å²) in [5.74, 6) is 1.42. The summed E-state index contributed by atoms with van der Waals surface area (Å²) in [6.07, 6.45) is 5.56. The van der Waals surface area contributed by atoms with Crippen molar-refractivity contribution in [1.29, 1.82) is 0 Å². The van der Waals surface area contributed by atoms with Crippen LogP contribution in [0, 0.1) is 0 Å². The number of rotatable bonds is 9. The number of methoxy groups -OCH3 is 2. The molecule has 8 nitrogen and oxygen atoms in total. The van der Waals surface area contributed by atoms with Crippen LogP contribution in [0.1, 0.15) is 44.6 Å². The van der Waals surface area contributed by atoms with E-state index >= 15 is 0 Å². The van der Waals surface area contributed by atoms with E-state index in [2.05, 4.69) is 17.0 Å². The molecule has 36 heavy (non-hydrogen) atoms. The van der Waals surface area contributed by atoms with Gasteiger partial charge in [0.05, 0.1) is 25.5 Å². The molecule has 0 unspecified atom stereocenters. The lowest BCUT2D eigenvalue weighted by atomic mass is 10.1. The number of unbranched alkanes of at least 4 members (excludes halogenated alkanes) is 4. The molecule has 0 atom stereocenters. The molecule has 0 radical (unpaired) electrons. The molecule has 1 aliphatic heterocycles. The molecule has 0 aliphatic carbocycles. The number of para-hydroxylation sites is 1. The Kier molecular flexibility index (Phi) is 6.73. The SMILES string of the molecule is CCCCCCCN1C(=O)C(=c2sc3nc(-c4ccc(OC)c(OC)c4)nn3c2=O)c2ccccc21. The molecule has 0 fully saturated rings. The number of fused-ring (bicyclic) bond motifs is 2. The third-order valence-corrected chi connectivity index (χ3v) is 7.46. The Morgan fingerprint density at radius 3 is 2.47 bits per heavy atom. The van der Waals surface area contributed by atoms with Crippen LogP contribution in [0.5, 0.6) is 11.5 Å². The van der Waals surface area contributed by atoms with Crippen LogP contribution in [0.15, 0.2) is 47.3 Å². The Hall–Kier alpha value is -3.72. The highest BCUT2D eigenvalue weighted by atomic mass is 32.1. The highest BCUT2D eigenvalue weighted by molar-refractivity contribution is 7.15. The standard InChI is InChI=1S/C27H28N4O4S/c1-4-5-6-7-10-15-30-19-12-9-8-11-18(19)22(25(30)32)23-26(33)31-27(36-23)28-24(29-31)17-13-14-20(34-2)21(16-17)35-3/h8-9,11-14,16H,4-7,10,15H2,1-3H3. The van der Waals surface area contributed by atoms with Crippen molar-refractivity contribution in [2.75, 3.05) is 25.7 Å². The van der Waals surface area contributed by atoms with Gasteiger partial charge in [-0.3, -0.25) is 9.59 Å². The average molecular weight is 505 g/mol. The van der Waals surface area contributed by atoms with Crippen molar-refractivity contribution in [3.8, 4) is 22.9 Å². The summed E-state index contributed by atoms with van der Waals surface area (Å²) in [5.41, 5.74) is 2.45. The third-order valence-electron chi connectivity index (χ3n) is 6.43. The molecule has 186 valence electrons. The first-order valence-electron chi connectivity index (χ1n) is 12.1. The Morgan fingerprint density at radius 2 is 1.72 bits per heavy atom. The minimum Gasteiger partial charge on any atom is -0.493 e. The van der Waals surface area contributed by atoms with Gasteiger partial charge in [-0.15, -0.1) is 5.10 Å². The van der Waals surface area contributed by atoms with E-state index in [9.17, 15) is 9.59 Å². The topological polar surface area (TPSA) is 86.0 Å². The van der Waals surface area contributed by atoms with Crippen molar-refractivity contribution in [2.45, 2.75) is 39.0 Å². The van der Waals surface area contributed by atoms with E-state index in [1.807, 2.05) is 30.3 Å². The fourth-order valence-electron chi connectivity index (χ4n) is 4.58. The van der Waals surface area contributed by atoms with Crippen LogP contribution in [-0.2, 0) is 4.79 Å². The van der Waals surface area contributed by atoms with E-state index in [0.29, 0.717) is 44.5 Å². The minimum atomic E-state index is -0.336. The van der Waals surface area contributed by atoms with E-state index in [4.69, 9.17) is 9.47 Å². The summed E-state index contributed by atoms with van der Waals surface area (Å²) >= 11 is 1.19. The van der Waals surface area contributed by atoms with Gasteiger partial charge in [0.15, 0.2) is 17.3 Å². The predicted octanol–water partition coefficient (Wildman–Crippen LogP) is 4.07. The number of hydrogen-bond donors (Lipinski definition) is 0. The zero-order valence-corrected chi connectivity index (χ0v) is 21.4. The van der Waals surface area contributed by atoms with E-state index < -0.39 is 0 Å². The number of ether oxygens (including phenoxy) is 2. The van der Waals surface area contributed by atoms with Gasteiger partial charge in [-0.25, -0.2) is 0 Å². The molecule has 1 aliphatic rings. The molecule has 0 saturated heterocycles. The van der Waals surface area contributed by atoms with Crippen LogP contribution in [0.2, 0.25) is 0 Å². The molecule has 0 N–H and O–H groups in total. The van der Waals surface area contributed by atoms with Crippen molar-refractivity contribution in [3.63, 3.8) is 0 Å². The summed E-state index contributed by atoms with van der Waals surface area (Å²) in [6.45, 7) is 2.83. The molecule has 2 aromatic heterocycles. The lowest BCUT2D eigenvalue weighted by Gasteiger charge is -2.16. The van der Waals surface area contributed by atoms with Crippen molar-refractivity contribution >= 4 is 33.5 Å². The van der Waals surface area contributed by atoms with Crippen LogP contribution in [0.4, 0.5) is 5.69 Å². The van der Waals surface area contributed by atoms with Gasteiger partial charge < -0.3 is 14.4 Å². The largest absolute Gasteiger partial charge is 0.493 e. The number of anilines is 1. The number of carbonyl (C=O) groups is 1. The smallest absolute Gasteiger partial charge is 0.291 e. The van der Waals surface area contributed by atoms with Gasteiger partial charge in [0, 0.05) is 17.7 Å². The number of carbonyl (C=O) groups excluding carboxylic acids is 1. The highest BCUT2D eigenvalue weighted by Gasteiger charge is 2.34. The zero-order valence-electron chi connectivity index (χ0n) is 20.6. The third kappa shape index (κ3) is 4.13. The number of nitrogens with zero attached hydrogens (tertiary/aromatic N) is 4. The summed E-state index contributed by atoms with van der Waals surface area (Å²) < 4.78 is 12.3. The first kappa shape index (κ1) is 24.0. The zero-order chi connectivity index (χ0) is 25.2. The fourth-order valence-corrected chi connectivity index (χ4v) is 5.58. The van der Waals surface area contributed by atoms with Gasteiger partial charge in [0.25, 0.3) is 11.5 Å². The second-order valence-electron chi connectivity index (χ2n) is 8.70. The van der Waals surface area contributed by atoms with Crippen molar-refractivity contribution < 1.29 is 14.3 Å². The maximum Gasteiger partial charge on any atom is 0.291 e. The lowest BCUT2D eigenvalue weighted by Crippen LogP contribution is -2.33. The maximum atomic E-state index is 13.5. The van der Waals surface area contributed by atoms with Gasteiger partial charge in [0.1, 0.15) is 4.53 Å². The van der Waals surface area contributed by atoms with E-state index in [0.717, 1.165) is 30.5 Å². The second kappa shape index (κ2) is 10.1. The number of aromatic nitrogens is 3. The van der Waals surface area contributed by atoms with Crippen LogP contribution in [-0.4, -0.2) is 41.3 Å². The predicted molar refractivity (Wildman–Crippen MR) is 141 cm³/mol. The van der Waals surface area contributed by atoms with Gasteiger partial charge >= 0.3 is 0 Å². The fraction of sp³-hybridized carbons (Fsp3) is 0.333. The first-order chi connectivity index (χ1) is 17.6. The van der Waals surface area contributed by atoms with Crippen LogP contribution < -0.4 is 24.5 Å². The quantitative estimate of drug-likeness (QED) is 0.320. The normalized spacial score (nSPS) is 14.5. The lowest BCUT2D eigenvalue weighted by molar-refractivity contribution is -0.113. The Bertz CT molecular complexity index is 1540. The molecule has 1 amide bonds. The van der Waals surface area contributed by atoms with Crippen LogP contribution in [0.3, 0.4) is 0 Å². The second-order valence-corrected chi connectivity index (χ2v) is 9.68. The monoisotopic (exact) mass is 504 g/mol. The van der Waals surface area contributed by atoms with E-state index in [1.54, 1.807) is 31.3 Å². The summed E-state index contributed by atoms with van der Waals surface area (Å²) in [7, 11) is 3.13. The first-order valence-corrected chi connectivity index (χ1v) is 13.0. The van der Waals surface area contributed by atoms with Crippen LogP contribution >= 0.6 is 11.3 Å². The van der Waals surface area contributed by atoms with Crippen molar-refractivity contribution in [2.24, 2.45) is 0 Å². The molecule has 5 rings (SSSR count). The van der Waals surface area contributed by atoms with Gasteiger partial charge in [-0.05, 0) is 30.7 Å². The molecule has 3 heterocycles. The summed E-state index contributed by atoms with van der Waals surface area (Å²) in [4.78, 5) is 33.8. The maximum absolute atomic E-state index is 13.5. The molecule has 0 saturated carbocycles. The summed E-state index contributed by atoms with van der Waals surface area (Å²) in [6, 6.07) is 13.0. The molecule has 2 aromatic carbocycles. The Labute approximate surface area is 212 Å². The van der Waals surface area contributed by atoms with Crippen molar-refractivity contribution in [1.82, 2.24) is 14.6 Å². The van der Waals surface area contributed by atoms with Crippen molar-refractivity contribution in [3.05, 3.63) is 62.9 Å². The van der Waals surface area contributed by atoms with E-state index in [-0.39, 0.29) is 11.5 Å². The minimum absolute atomic E-state index is 0.131. The molecule has 0 bridgehead atoms. The number of amides is 1. The average Bonchev–Trinajstić information content (AvgIpc) is 3.54. The number of hydrogen-bond acceptors (Lipinski definition) is 7. The molecular weight excluding hydrogens is 476 g/mol. The van der Waals surface area contributed by atoms with Crippen LogP contribution in [0.25, 0.3) is 21.9 Å². The number of benzene rings is 2.